The minimum atomic E-state index is -0.0941. The lowest BCUT2D eigenvalue weighted by Crippen LogP contribution is -2.62. The average molecular weight is 1000 g/mol. The molecule has 7 heteroatoms. The first kappa shape index (κ1) is 47.6. The Morgan fingerprint density at radius 2 is 0.868 bits per heavy atom. The van der Waals surface area contributed by atoms with Crippen LogP contribution in [-0.2, 0) is 0 Å². The number of anilines is 9. The summed E-state index contributed by atoms with van der Waals surface area (Å²) in [4.78, 5) is 9.68. The molecule has 0 atom stereocenters. The van der Waals surface area contributed by atoms with Gasteiger partial charge in [-0.05, 0) is 142 Å². The molecule has 0 spiro atoms. The molecule has 10 aromatic rings. The lowest BCUT2D eigenvalue weighted by molar-refractivity contribution is 0.486. The quantitative estimate of drug-likeness (QED) is 0.120. The zero-order valence-electron chi connectivity index (χ0n) is 44.0. The van der Waals surface area contributed by atoms with Gasteiger partial charge in [-0.3, -0.25) is 0 Å². The van der Waals surface area contributed by atoms with E-state index in [-0.39, 0.29) is 13.4 Å². The number of hydrogen-bond donors (Lipinski definition) is 0. The molecule has 10 aromatic carbocycles. The number of rotatable bonds is 11. The van der Waals surface area contributed by atoms with E-state index in [9.17, 15) is 0 Å². The molecule has 13 rings (SSSR count). The van der Waals surface area contributed by atoms with Crippen LogP contribution in [0.2, 0.25) is 0 Å². The van der Waals surface area contributed by atoms with Gasteiger partial charge in [0.2, 0.25) is 6.71 Å². The number of hydrogen-bond acceptors (Lipinski definition) is 5. The van der Waals surface area contributed by atoms with E-state index in [4.69, 9.17) is 4.74 Å². The van der Waals surface area contributed by atoms with Crippen molar-refractivity contribution in [3.63, 3.8) is 0 Å². The van der Waals surface area contributed by atoms with Crippen LogP contribution in [0.25, 0.3) is 0 Å². The van der Waals surface area contributed by atoms with Crippen LogP contribution < -0.4 is 52.2 Å². The maximum atomic E-state index is 7.55. The van der Waals surface area contributed by atoms with Crippen LogP contribution in [-0.4, -0.2) is 13.4 Å². The van der Waals surface area contributed by atoms with Crippen LogP contribution in [0.1, 0.15) is 76.0 Å². The lowest BCUT2D eigenvalue weighted by Gasteiger charge is -2.41. The summed E-state index contributed by atoms with van der Waals surface area (Å²) in [5, 5.41) is 0. The Morgan fingerprint density at radius 3 is 1.42 bits per heavy atom. The van der Waals surface area contributed by atoms with E-state index in [1.807, 2.05) is 11.8 Å². The fourth-order valence-corrected chi connectivity index (χ4v) is 13.3. The second-order valence-electron chi connectivity index (χ2n) is 21.4. The number of fused-ring (bicyclic) bond motifs is 6. The summed E-state index contributed by atoms with van der Waals surface area (Å²) in [5.74, 6) is 2.79. The molecule has 0 bridgehead atoms. The predicted octanol–water partition coefficient (Wildman–Crippen LogP) is 15.4. The lowest BCUT2D eigenvalue weighted by atomic mass is 9.31. The molecule has 368 valence electrons. The number of benzene rings is 10. The van der Waals surface area contributed by atoms with Crippen molar-refractivity contribution in [1.82, 2.24) is 0 Å². The van der Waals surface area contributed by atoms with Crippen LogP contribution in [0, 0.1) is 0 Å². The Labute approximate surface area is 453 Å². The molecule has 3 aliphatic heterocycles. The molecule has 0 saturated carbocycles. The number of ether oxygens (including phenoxy) is 1. The van der Waals surface area contributed by atoms with Crippen molar-refractivity contribution in [3.8, 4) is 11.5 Å². The third kappa shape index (κ3) is 8.20. The van der Waals surface area contributed by atoms with Crippen LogP contribution in [0.15, 0.2) is 240 Å². The first-order valence-electron chi connectivity index (χ1n) is 27.0. The molecule has 0 fully saturated rings. The molecule has 0 aliphatic carbocycles. The monoisotopic (exact) mass is 999 g/mol. The van der Waals surface area contributed by atoms with E-state index in [1.165, 1.54) is 64.9 Å². The summed E-state index contributed by atoms with van der Waals surface area (Å²) >= 11 is 1.88. The van der Waals surface area contributed by atoms with Gasteiger partial charge in [0.1, 0.15) is 11.5 Å². The Kier molecular flexibility index (Phi) is 12.2. The first-order chi connectivity index (χ1) is 37.2. The normalized spacial score (nSPS) is 12.9. The minimum absolute atomic E-state index is 0.0308. The van der Waals surface area contributed by atoms with Crippen molar-refractivity contribution < 1.29 is 4.74 Å². The van der Waals surface area contributed by atoms with Crippen LogP contribution in [0.5, 0.6) is 11.5 Å². The van der Waals surface area contributed by atoms with E-state index < -0.39 is 0 Å². The fraction of sp³-hybridized carbons (Fsp3) is 0.130. The standard InChI is InChI=1S/C69H59B2N3OS/c1-45(2)48-38-56(46(3)4)68(57(39-48)47(5)6)71-59-37-36-54(72(49-24-12-7-13-25-49)50-26-14-8-15-27-50)42-66(59)76-67-44-64-60(43-61(67)71)70-58-34-22-23-35-62(58)74(53-32-20-11-21-33-53)63-40-55(41-65(75-64)69(63)70)73(51-28-16-9-17-29-51)52-30-18-10-19-31-52/h7-47H,1-6H3. The minimum Gasteiger partial charge on any atom is -0.458 e. The Hall–Kier alpha value is -8.12. The van der Waals surface area contributed by atoms with Crippen molar-refractivity contribution in [2.24, 2.45) is 0 Å². The Bertz CT molecular complexity index is 3670. The highest BCUT2D eigenvalue weighted by Crippen LogP contribution is 2.47. The maximum absolute atomic E-state index is 7.55. The van der Waals surface area contributed by atoms with Crippen molar-refractivity contribution in [2.45, 2.75) is 69.1 Å². The summed E-state index contributed by atoms with van der Waals surface area (Å²) in [5.41, 5.74) is 22.0. The summed E-state index contributed by atoms with van der Waals surface area (Å²) in [6.45, 7) is 14.1. The third-order valence-corrected chi connectivity index (χ3v) is 16.8. The SMILES string of the molecule is CC(C)c1cc(C(C)C)c(B2c3ccc(N(c4ccccc4)c4ccccc4)cc3Sc3cc4c(cc32)B2c3ccccc3N(c3ccccc3)c3cc(N(c5ccccc5)c5ccccc5)cc(c32)O4)c(C(C)C)c1. The highest BCUT2D eigenvalue weighted by molar-refractivity contribution is 8.00. The van der Waals surface area contributed by atoms with Crippen molar-refractivity contribution >= 4 is 109 Å². The van der Waals surface area contributed by atoms with Crippen LogP contribution in [0.4, 0.5) is 51.2 Å². The van der Waals surface area contributed by atoms with Crippen LogP contribution >= 0.6 is 11.8 Å². The van der Waals surface area contributed by atoms with E-state index in [0.29, 0.717) is 17.8 Å². The van der Waals surface area contributed by atoms with Gasteiger partial charge >= 0.3 is 0 Å². The summed E-state index contributed by atoms with van der Waals surface area (Å²) in [7, 11) is 0. The second-order valence-corrected chi connectivity index (χ2v) is 22.5. The van der Waals surface area contributed by atoms with Crippen molar-refractivity contribution in [2.75, 3.05) is 14.7 Å². The topological polar surface area (TPSA) is 19.0 Å². The van der Waals surface area contributed by atoms with Gasteiger partial charge in [0.25, 0.3) is 6.71 Å². The summed E-state index contributed by atoms with van der Waals surface area (Å²) < 4.78 is 7.55. The molecule has 0 amide bonds. The highest BCUT2D eigenvalue weighted by Gasteiger charge is 2.45. The van der Waals surface area contributed by atoms with E-state index in [2.05, 4.69) is 287 Å². The molecule has 0 N–H and O–H groups in total. The second kappa shape index (κ2) is 19.5. The molecule has 0 unspecified atom stereocenters. The van der Waals surface area contributed by atoms with Gasteiger partial charge in [0.15, 0.2) is 0 Å². The van der Waals surface area contributed by atoms with Crippen LogP contribution in [0.3, 0.4) is 0 Å². The Balaban J connectivity index is 1.06. The molecule has 76 heavy (non-hydrogen) atoms. The highest BCUT2D eigenvalue weighted by atomic mass is 32.2. The summed E-state index contributed by atoms with van der Waals surface area (Å²) in [6.07, 6.45) is 0. The predicted molar refractivity (Wildman–Crippen MR) is 326 cm³/mol. The molecule has 0 saturated heterocycles. The molecule has 3 heterocycles. The molecular formula is C69H59B2N3OS. The largest absolute Gasteiger partial charge is 0.458 e. The van der Waals surface area contributed by atoms with Crippen molar-refractivity contribution in [3.05, 3.63) is 247 Å². The molecule has 0 aromatic heterocycles. The smallest absolute Gasteiger partial charge is 0.256 e. The van der Waals surface area contributed by atoms with Gasteiger partial charge in [-0.2, -0.15) is 0 Å². The zero-order valence-corrected chi connectivity index (χ0v) is 44.8. The first-order valence-corrected chi connectivity index (χ1v) is 27.8. The van der Waals surface area contributed by atoms with Gasteiger partial charge in [0, 0.05) is 61.4 Å². The fourth-order valence-electron chi connectivity index (χ4n) is 12.2. The maximum Gasteiger partial charge on any atom is 0.256 e. The molecule has 0 radical (unpaired) electrons. The van der Waals surface area contributed by atoms with E-state index in [1.54, 1.807) is 0 Å². The number of para-hydroxylation sites is 6. The third-order valence-electron chi connectivity index (χ3n) is 15.7. The molecule has 3 aliphatic rings. The van der Waals surface area contributed by atoms with Gasteiger partial charge < -0.3 is 19.4 Å². The molecule has 4 nitrogen and oxygen atoms in total. The molecular weight excluding hydrogens is 940 g/mol. The van der Waals surface area contributed by atoms with Crippen molar-refractivity contribution in [1.29, 1.82) is 0 Å². The van der Waals surface area contributed by atoms with E-state index in [0.717, 1.165) is 57.0 Å². The van der Waals surface area contributed by atoms with Gasteiger partial charge in [-0.25, -0.2) is 0 Å². The van der Waals surface area contributed by atoms with Gasteiger partial charge in [-0.15, -0.1) is 0 Å². The van der Waals surface area contributed by atoms with E-state index >= 15 is 0 Å². The zero-order chi connectivity index (χ0) is 51.6. The average Bonchev–Trinajstić information content (AvgIpc) is 3.64. The van der Waals surface area contributed by atoms with Gasteiger partial charge in [0.05, 0.1) is 5.69 Å². The van der Waals surface area contributed by atoms with Gasteiger partial charge in [-0.1, -0.05) is 203 Å². The number of nitrogens with zero attached hydrogens (tertiary/aromatic N) is 3. The summed E-state index contributed by atoms with van der Waals surface area (Å²) in [6, 6.07) is 84.7. The Morgan fingerprint density at radius 1 is 0.368 bits per heavy atom.